The van der Waals surface area contributed by atoms with Gasteiger partial charge in [0.2, 0.25) is 0 Å². The number of rotatable bonds is 7. The monoisotopic (exact) mass is 390 g/mol. The Balaban J connectivity index is 2.04. The summed E-state index contributed by atoms with van der Waals surface area (Å²) in [4.78, 5) is 24.4. The van der Waals surface area contributed by atoms with Crippen molar-refractivity contribution in [3.63, 3.8) is 0 Å². The Hall–Kier alpha value is -2.73. The largest absolute Gasteiger partial charge is 0.490 e. The maximum Gasteiger partial charge on any atom is 0.269 e. The smallest absolute Gasteiger partial charge is 0.269 e. The van der Waals surface area contributed by atoms with Gasteiger partial charge < -0.3 is 9.47 Å². The van der Waals surface area contributed by atoms with Gasteiger partial charge in [0.05, 0.1) is 13.2 Å². The molecule has 2 amide bonds. The SMILES string of the molecule is CCOc1cc(C(=O)NNC(=O)c2cccc(Cl)c2)ccc1OCC(C)C. The molecule has 0 spiro atoms. The molecule has 0 aliphatic heterocycles. The topological polar surface area (TPSA) is 76.7 Å². The first-order valence-electron chi connectivity index (χ1n) is 8.66. The maximum absolute atomic E-state index is 12.3. The number of amides is 2. The van der Waals surface area contributed by atoms with Crippen LogP contribution in [0.5, 0.6) is 11.5 Å². The van der Waals surface area contributed by atoms with Gasteiger partial charge in [0, 0.05) is 16.1 Å². The first-order valence-corrected chi connectivity index (χ1v) is 9.04. The second kappa shape index (κ2) is 9.83. The fourth-order valence-electron chi connectivity index (χ4n) is 2.18. The predicted molar refractivity (Wildman–Crippen MR) is 104 cm³/mol. The molecule has 6 nitrogen and oxygen atoms in total. The molecule has 2 rings (SSSR count). The van der Waals surface area contributed by atoms with Crippen LogP contribution in [0.4, 0.5) is 0 Å². The van der Waals surface area contributed by atoms with E-state index in [9.17, 15) is 9.59 Å². The Bertz CT molecular complexity index is 808. The number of benzene rings is 2. The van der Waals surface area contributed by atoms with Crippen molar-refractivity contribution in [2.24, 2.45) is 5.92 Å². The van der Waals surface area contributed by atoms with Gasteiger partial charge >= 0.3 is 0 Å². The molecular formula is C20H23ClN2O4. The van der Waals surface area contributed by atoms with Crippen LogP contribution in [0, 0.1) is 5.92 Å². The summed E-state index contributed by atoms with van der Waals surface area (Å²) in [6.45, 7) is 6.93. The van der Waals surface area contributed by atoms with Crippen LogP contribution in [-0.2, 0) is 0 Å². The fraction of sp³-hybridized carbons (Fsp3) is 0.300. The summed E-state index contributed by atoms with van der Waals surface area (Å²) in [6, 6.07) is 11.3. The number of carbonyl (C=O) groups excluding carboxylic acids is 2. The molecule has 0 bridgehead atoms. The van der Waals surface area contributed by atoms with E-state index in [1.54, 1.807) is 36.4 Å². The molecule has 0 aliphatic rings. The van der Waals surface area contributed by atoms with E-state index >= 15 is 0 Å². The molecule has 7 heteroatoms. The third kappa shape index (κ3) is 6.18. The van der Waals surface area contributed by atoms with Gasteiger partial charge in [-0.25, -0.2) is 0 Å². The van der Waals surface area contributed by atoms with Crippen LogP contribution >= 0.6 is 11.6 Å². The van der Waals surface area contributed by atoms with Crippen LogP contribution in [0.15, 0.2) is 42.5 Å². The zero-order valence-corrected chi connectivity index (χ0v) is 16.3. The van der Waals surface area contributed by atoms with Crippen LogP contribution < -0.4 is 20.3 Å². The normalized spacial score (nSPS) is 10.4. The summed E-state index contributed by atoms with van der Waals surface area (Å²) < 4.78 is 11.3. The average Bonchev–Trinajstić information content (AvgIpc) is 2.64. The van der Waals surface area contributed by atoms with E-state index in [0.717, 1.165) is 0 Å². The quantitative estimate of drug-likeness (QED) is 0.704. The van der Waals surface area contributed by atoms with Crippen molar-refractivity contribution in [3.8, 4) is 11.5 Å². The van der Waals surface area contributed by atoms with Crippen LogP contribution in [0.3, 0.4) is 0 Å². The van der Waals surface area contributed by atoms with E-state index < -0.39 is 11.8 Å². The highest BCUT2D eigenvalue weighted by Gasteiger charge is 2.13. The summed E-state index contributed by atoms with van der Waals surface area (Å²) in [7, 11) is 0. The van der Waals surface area contributed by atoms with Gasteiger partial charge in [-0.3, -0.25) is 20.4 Å². The van der Waals surface area contributed by atoms with Gasteiger partial charge in [0.25, 0.3) is 11.8 Å². The zero-order valence-electron chi connectivity index (χ0n) is 15.5. The summed E-state index contributed by atoms with van der Waals surface area (Å²) in [5.74, 6) is 0.482. The molecule has 0 fully saturated rings. The molecule has 2 N–H and O–H groups in total. The lowest BCUT2D eigenvalue weighted by atomic mass is 10.2. The third-order valence-corrected chi connectivity index (χ3v) is 3.69. The molecule has 0 aromatic heterocycles. The van der Waals surface area contributed by atoms with Gasteiger partial charge in [-0.1, -0.05) is 31.5 Å². The van der Waals surface area contributed by atoms with E-state index in [-0.39, 0.29) is 0 Å². The minimum atomic E-state index is -0.471. The molecule has 0 saturated carbocycles. The summed E-state index contributed by atoms with van der Waals surface area (Å²) in [5.41, 5.74) is 5.42. The third-order valence-electron chi connectivity index (χ3n) is 3.45. The van der Waals surface area contributed by atoms with Gasteiger partial charge in [-0.05, 0) is 49.2 Å². The second-order valence-electron chi connectivity index (χ2n) is 6.22. The Morgan fingerprint density at radius 3 is 2.22 bits per heavy atom. The molecule has 0 heterocycles. The summed E-state index contributed by atoms with van der Waals surface area (Å²) >= 11 is 5.86. The highest BCUT2D eigenvalue weighted by molar-refractivity contribution is 6.30. The summed E-state index contributed by atoms with van der Waals surface area (Å²) in [5, 5.41) is 0.437. The van der Waals surface area contributed by atoms with Crippen molar-refractivity contribution in [3.05, 3.63) is 58.6 Å². The molecule has 144 valence electrons. The highest BCUT2D eigenvalue weighted by atomic mass is 35.5. The predicted octanol–water partition coefficient (Wildman–Crippen LogP) is 3.85. The Morgan fingerprint density at radius 1 is 0.963 bits per heavy atom. The number of nitrogens with one attached hydrogen (secondary N) is 2. The Morgan fingerprint density at radius 2 is 1.63 bits per heavy atom. The van der Waals surface area contributed by atoms with E-state index in [4.69, 9.17) is 21.1 Å². The Labute approximate surface area is 163 Å². The van der Waals surface area contributed by atoms with Crippen molar-refractivity contribution >= 4 is 23.4 Å². The van der Waals surface area contributed by atoms with Gasteiger partial charge in [0.15, 0.2) is 11.5 Å². The molecule has 0 aliphatic carbocycles. The van der Waals surface area contributed by atoms with Crippen molar-refractivity contribution in [2.45, 2.75) is 20.8 Å². The van der Waals surface area contributed by atoms with Gasteiger partial charge in [0.1, 0.15) is 0 Å². The standard InChI is InChI=1S/C20H23ClN2O4/c1-4-26-18-11-15(8-9-17(18)27-12-13(2)3)20(25)23-22-19(24)14-6-5-7-16(21)10-14/h5-11,13H,4,12H2,1-3H3,(H,22,24)(H,23,25). The molecule has 0 saturated heterocycles. The van der Waals surface area contributed by atoms with Crippen molar-refractivity contribution in [1.82, 2.24) is 10.9 Å². The number of hydrazine groups is 1. The van der Waals surface area contributed by atoms with Crippen LogP contribution in [0.1, 0.15) is 41.5 Å². The van der Waals surface area contributed by atoms with Crippen LogP contribution in [-0.4, -0.2) is 25.0 Å². The number of ether oxygens (including phenoxy) is 2. The minimum absolute atomic E-state index is 0.335. The highest BCUT2D eigenvalue weighted by Crippen LogP contribution is 2.29. The zero-order chi connectivity index (χ0) is 19.8. The lowest BCUT2D eigenvalue weighted by molar-refractivity contribution is 0.0846. The average molecular weight is 391 g/mol. The maximum atomic E-state index is 12.3. The van der Waals surface area contributed by atoms with E-state index in [0.29, 0.717) is 46.8 Å². The van der Waals surface area contributed by atoms with Crippen molar-refractivity contribution in [2.75, 3.05) is 13.2 Å². The number of hydrogen-bond acceptors (Lipinski definition) is 4. The van der Waals surface area contributed by atoms with Crippen molar-refractivity contribution in [1.29, 1.82) is 0 Å². The molecular weight excluding hydrogens is 368 g/mol. The minimum Gasteiger partial charge on any atom is -0.490 e. The Kier molecular flexibility index (Phi) is 7.49. The van der Waals surface area contributed by atoms with E-state index in [1.165, 1.54) is 6.07 Å². The van der Waals surface area contributed by atoms with E-state index in [2.05, 4.69) is 10.9 Å². The fourth-order valence-corrected chi connectivity index (χ4v) is 2.37. The molecule has 2 aromatic rings. The van der Waals surface area contributed by atoms with Crippen LogP contribution in [0.25, 0.3) is 0 Å². The molecule has 0 unspecified atom stereocenters. The molecule has 0 radical (unpaired) electrons. The first kappa shape index (κ1) is 20.6. The number of halogens is 1. The van der Waals surface area contributed by atoms with E-state index in [1.807, 2.05) is 20.8 Å². The van der Waals surface area contributed by atoms with Crippen LogP contribution in [0.2, 0.25) is 5.02 Å². The lowest BCUT2D eigenvalue weighted by Gasteiger charge is -2.15. The first-order chi connectivity index (χ1) is 12.9. The number of carbonyl (C=O) groups is 2. The molecule has 27 heavy (non-hydrogen) atoms. The second-order valence-corrected chi connectivity index (χ2v) is 6.65. The van der Waals surface area contributed by atoms with Gasteiger partial charge in [-0.2, -0.15) is 0 Å². The summed E-state index contributed by atoms with van der Waals surface area (Å²) in [6.07, 6.45) is 0. The van der Waals surface area contributed by atoms with Crippen molar-refractivity contribution < 1.29 is 19.1 Å². The molecule has 0 atom stereocenters. The number of hydrogen-bond donors (Lipinski definition) is 2. The van der Waals surface area contributed by atoms with Gasteiger partial charge in [-0.15, -0.1) is 0 Å². The lowest BCUT2D eigenvalue weighted by Crippen LogP contribution is -2.41. The molecule has 2 aromatic carbocycles.